The van der Waals surface area contributed by atoms with Crippen LogP contribution in [0.4, 0.5) is 17.1 Å². The van der Waals surface area contributed by atoms with Crippen molar-refractivity contribution in [1.29, 1.82) is 0 Å². The van der Waals surface area contributed by atoms with Gasteiger partial charge >= 0.3 is 0 Å². The second-order valence-electron chi connectivity index (χ2n) is 15.8. The minimum Gasteiger partial charge on any atom is -0.310 e. The van der Waals surface area contributed by atoms with E-state index in [4.69, 9.17) is 0 Å². The lowest BCUT2D eigenvalue weighted by molar-refractivity contribution is 1.28. The molecule has 0 unspecified atom stereocenters. The second-order valence-corrected chi connectivity index (χ2v) is 15.8. The summed E-state index contributed by atoms with van der Waals surface area (Å²) in [5.74, 6) is 0. The summed E-state index contributed by atoms with van der Waals surface area (Å²) in [4.78, 5) is 2.37. The first kappa shape index (κ1) is 36.1. The van der Waals surface area contributed by atoms with Crippen molar-refractivity contribution in [3.8, 4) is 55.6 Å². The Morgan fingerprint density at radius 1 is 0.197 bits per heavy atom. The van der Waals surface area contributed by atoms with E-state index in [9.17, 15) is 0 Å². The molecular weight excluding hydrogens is 735 g/mol. The van der Waals surface area contributed by atoms with Gasteiger partial charge in [0.25, 0.3) is 0 Å². The summed E-state index contributed by atoms with van der Waals surface area (Å²) in [6.07, 6.45) is 0. The van der Waals surface area contributed by atoms with Crippen LogP contribution in [-0.2, 0) is 0 Å². The Bertz CT molecular complexity index is 3300. The van der Waals surface area contributed by atoms with Gasteiger partial charge in [0.05, 0.1) is 0 Å². The van der Waals surface area contributed by atoms with Crippen molar-refractivity contribution < 1.29 is 0 Å². The van der Waals surface area contributed by atoms with Crippen LogP contribution in [0.1, 0.15) is 0 Å². The molecule has 1 nitrogen and oxygen atoms in total. The number of anilines is 3. The zero-order valence-corrected chi connectivity index (χ0v) is 33.6. The van der Waals surface area contributed by atoms with Crippen molar-refractivity contribution in [2.75, 3.05) is 4.90 Å². The number of hydrogen-bond donors (Lipinski definition) is 0. The highest BCUT2D eigenvalue weighted by molar-refractivity contribution is 6.20. The maximum atomic E-state index is 2.37. The summed E-state index contributed by atoms with van der Waals surface area (Å²) in [6.45, 7) is 0. The van der Waals surface area contributed by atoms with E-state index in [-0.39, 0.29) is 0 Å². The Morgan fingerprint density at radius 3 is 1.13 bits per heavy atom. The molecule has 0 atom stereocenters. The molecule has 0 saturated carbocycles. The van der Waals surface area contributed by atoms with Crippen LogP contribution in [0, 0.1) is 0 Å². The quantitative estimate of drug-likeness (QED) is 0.139. The van der Waals surface area contributed by atoms with Gasteiger partial charge in [-0.1, -0.05) is 206 Å². The van der Waals surface area contributed by atoms with Crippen LogP contribution in [0.15, 0.2) is 249 Å². The van der Waals surface area contributed by atoms with Gasteiger partial charge in [-0.3, -0.25) is 0 Å². The van der Waals surface area contributed by atoms with Gasteiger partial charge in [-0.05, 0) is 130 Å². The third-order valence-electron chi connectivity index (χ3n) is 12.1. The lowest BCUT2D eigenvalue weighted by Gasteiger charge is -2.26. The zero-order chi connectivity index (χ0) is 40.5. The van der Waals surface area contributed by atoms with Gasteiger partial charge in [0.2, 0.25) is 0 Å². The van der Waals surface area contributed by atoms with Crippen LogP contribution in [0.3, 0.4) is 0 Å². The minimum atomic E-state index is 1.10. The molecule has 0 heterocycles. The lowest BCUT2D eigenvalue weighted by atomic mass is 9.94. The van der Waals surface area contributed by atoms with Crippen molar-refractivity contribution in [3.05, 3.63) is 249 Å². The molecule has 1 heteroatoms. The normalized spacial score (nSPS) is 11.3. The van der Waals surface area contributed by atoms with E-state index >= 15 is 0 Å². The van der Waals surface area contributed by atoms with Crippen LogP contribution in [0.5, 0.6) is 0 Å². The fourth-order valence-electron chi connectivity index (χ4n) is 8.86. The van der Waals surface area contributed by atoms with Crippen molar-refractivity contribution in [1.82, 2.24) is 0 Å². The Morgan fingerprint density at radius 2 is 0.574 bits per heavy atom. The standard InChI is InChI=1S/C60H41N/c1-3-10-42(11-4-1)44-18-20-46(21-19-44)47-30-35-55(36-31-47)61(57-16-9-15-52(41-57)48-24-22-45(23-25-48)43-12-5-2-6-13-43)56-37-32-49(33-38-56)53-34-39-59-54(40-53)29-28-51-27-26-50-14-7-8-17-58(50)60(51)59/h1-41H. The summed E-state index contributed by atoms with van der Waals surface area (Å²) in [5.41, 5.74) is 15.3. The summed E-state index contributed by atoms with van der Waals surface area (Å²) >= 11 is 0. The highest BCUT2D eigenvalue weighted by Crippen LogP contribution is 2.40. The average Bonchev–Trinajstić information content (AvgIpc) is 3.35. The van der Waals surface area contributed by atoms with Crippen LogP contribution in [0.2, 0.25) is 0 Å². The number of rotatable bonds is 8. The van der Waals surface area contributed by atoms with E-state index in [0.717, 1.165) is 17.1 Å². The molecule has 11 aromatic carbocycles. The van der Waals surface area contributed by atoms with Crippen LogP contribution in [0.25, 0.3) is 88.0 Å². The number of benzene rings is 11. The van der Waals surface area contributed by atoms with Gasteiger partial charge in [-0.2, -0.15) is 0 Å². The van der Waals surface area contributed by atoms with E-state index in [1.807, 2.05) is 0 Å². The molecule has 0 amide bonds. The SMILES string of the molecule is c1ccc(-c2ccc(-c3ccc(N(c4ccc(-c5ccc6c(ccc7ccc8ccccc8c76)c5)cc4)c4cccc(-c5ccc(-c6ccccc6)cc5)c4)cc3)cc2)cc1. The fraction of sp³-hybridized carbons (Fsp3) is 0. The predicted octanol–water partition coefficient (Wildman–Crippen LogP) is 17.0. The number of hydrogen-bond acceptors (Lipinski definition) is 1. The van der Waals surface area contributed by atoms with Crippen LogP contribution < -0.4 is 4.90 Å². The topological polar surface area (TPSA) is 3.24 Å². The van der Waals surface area contributed by atoms with Crippen LogP contribution >= 0.6 is 0 Å². The third kappa shape index (κ3) is 7.03. The number of nitrogens with zero attached hydrogens (tertiary/aromatic N) is 1. The fourth-order valence-corrected chi connectivity index (χ4v) is 8.86. The Hall–Kier alpha value is -8.00. The molecule has 0 saturated heterocycles. The molecule has 0 aliphatic rings. The van der Waals surface area contributed by atoms with E-state index in [1.165, 1.54) is 88.0 Å². The van der Waals surface area contributed by atoms with Gasteiger partial charge in [-0.15, -0.1) is 0 Å². The van der Waals surface area contributed by atoms with E-state index in [0.29, 0.717) is 0 Å². The highest BCUT2D eigenvalue weighted by atomic mass is 15.1. The molecule has 0 bridgehead atoms. The predicted molar refractivity (Wildman–Crippen MR) is 261 cm³/mol. The maximum absolute atomic E-state index is 2.37. The average molecular weight is 776 g/mol. The molecule has 0 spiro atoms. The Kier molecular flexibility index (Phi) is 9.26. The Balaban J connectivity index is 0.949. The summed E-state index contributed by atoms with van der Waals surface area (Å²) in [6, 6.07) is 90.3. The van der Waals surface area contributed by atoms with Crippen molar-refractivity contribution >= 4 is 49.4 Å². The van der Waals surface area contributed by atoms with E-state index < -0.39 is 0 Å². The Labute approximate surface area is 357 Å². The molecule has 0 aliphatic carbocycles. The summed E-state index contributed by atoms with van der Waals surface area (Å²) in [5, 5.41) is 7.68. The van der Waals surface area contributed by atoms with E-state index in [2.05, 4.69) is 254 Å². The molecule has 0 radical (unpaired) electrons. The van der Waals surface area contributed by atoms with Crippen LogP contribution in [-0.4, -0.2) is 0 Å². The smallest absolute Gasteiger partial charge is 0.0467 e. The second kappa shape index (κ2) is 15.6. The highest BCUT2D eigenvalue weighted by Gasteiger charge is 2.15. The van der Waals surface area contributed by atoms with Gasteiger partial charge in [0, 0.05) is 17.1 Å². The summed E-state index contributed by atoms with van der Waals surface area (Å²) in [7, 11) is 0. The molecule has 11 aromatic rings. The number of fused-ring (bicyclic) bond motifs is 5. The van der Waals surface area contributed by atoms with Gasteiger partial charge in [0.1, 0.15) is 0 Å². The lowest BCUT2D eigenvalue weighted by Crippen LogP contribution is -2.10. The molecule has 11 rings (SSSR count). The monoisotopic (exact) mass is 775 g/mol. The zero-order valence-electron chi connectivity index (χ0n) is 33.6. The van der Waals surface area contributed by atoms with Crippen molar-refractivity contribution in [3.63, 3.8) is 0 Å². The van der Waals surface area contributed by atoms with Gasteiger partial charge < -0.3 is 4.90 Å². The van der Waals surface area contributed by atoms with E-state index in [1.54, 1.807) is 0 Å². The molecule has 0 fully saturated rings. The molecule has 61 heavy (non-hydrogen) atoms. The molecule has 0 aromatic heterocycles. The van der Waals surface area contributed by atoms with Crippen molar-refractivity contribution in [2.24, 2.45) is 0 Å². The maximum Gasteiger partial charge on any atom is 0.0467 e. The molecule has 0 aliphatic heterocycles. The first-order valence-electron chi connectivity index (χ1n) is 21.0. The first-order valence-corrected chi connectivity index (χ1v) is 21.0. The molecule has 286 valence electrons. The summed E-state index contributed by atoms with van der Waals surface area (Å²) < 4.78 is 0. The molecular formula is C60H41N. The van der Waals surface area contributed by atoms with Gasteiger partial charge in [0.15, 0.2) is 0 Å². The third-order valence-corrected chi connectivity index (χ3v) is 12.1. The molecule has 0 N–H and O–H groups in total. The van der Waals surface area contributed by atoms with Crippen molar-refractivity contribution in [2.45, 2.75) is 0 Å². The first-order chi connectivity index (χ1) is 30.2. The minimum absolute atomic E-state index is 1.10. The largest absolute Gasteiger partial charge is 0.310 e. The van der Waals surface area contributed by atoms with Gasteiger partial charge in [-0.25, -0.2) is 0 Å².